The minimum absolute atomic E-state index is 0.0137. The Hall–Kier alpha value is -2.28. The Kier molecular flexibility index (Phi) is 13.2. The van der Waals surface area contributed by atoms with E-state index in [1.165, 1.54) is 0 Å². The van der Waals surface area contributed by atoms with Crippen molar-refractivity contribution >= 4 is 12.2 Å². The molecule has 1 aromatic carbocycles. The van der Waals surface area contributed by atoms with Crippen molar-refractivity contribution in [2.45, 2.75) is 98.1 Å². The molecule has 4 atom stereocenters. The third kappa shape index (κ3) is 10.5. The van der Waals surface area contributed by atoms with Crippen molar-refractivity contribution in [3.05, 3.63) is 29.3 Å². The number of benzene rings is 1. The van der Waals surface area contributed by atoms with E-state index < -0.39 is 0 Å². The third-order valence-electron chi connectivity index (χ3n) is 6.71. The van der Waals surface area contributed by atoms with Crippen LogP contribution in [-0.2, 0) is 21.4 Å². The van der Waals surface area contributed by atoms with Crippen LogP contribution in [0.4, 0.5) is 0 Å². The Balaban J connectivity index is 2.94. The molecule has 1 aromatic rings. The molecule has 35 heavy (non-hydrogen) atoms. The fourth-order valence-corrected chi connectivity index (χ4v) is 4.32. The van der Waals surface area contributed by atoms with Crippen molar-refractivity contribution < 1.29 is 14.3 Å². The van der Waals surface area contributed by atoms with Crippen molar-refractivity contribution in [3.63, 3.8) is 0 Å². The lowest BCUT2D eigenvalue weighted by Gasteiger charge is -2.29. The summed E-state index contributed by atoms with van der Waals surface area (Å²) in [7, 11) is 0. The first-order valence-corrected chi connectivity index (χ1v) is 13.0. The van der Waals surface area contributed by atoms with Crippen LogP contribution in [-0.4, -0.2) is 37.4 Å². The van der Waals surface area contributed by atoms with E-state index >= 15 is 0 Å². The molecule has 0 saturated carbocycles. The van der Waals surface area contributed by atoms with Gasteiger partial charge in [0, 0.05) is 18.5 Å². The molecule has 1 rings (SSSR count). The average Bonchev–Trinajstić information content (AvgIpc) is 2.79. The van der Waals surface area contributed by atoms with Crippen molar-refractivity contribution in [2.75, 3.05) is 13.2 Å². The van der Waals surface area contributed by atoms with E-state index in [1.54, 1.807) is 0 Å². The first kappa shape index (κ1) is 30.8. The standard InChI is InChI=1S/C28H48N4O3/c1-8-9-12-31-27(34)20(4)15-24(29)25(32-30)18-22(19(2)3)16-21-10-11-23(28(5,6)7)26(17-21)35-14-13-33/h10-11,13,17,19-20,22,24-25,30H,8-9,12,14-16,18,29H2,1-7H3,(H,31,34)/t20?,22-,24-,25-/m0/s1. The van der Waals surface area contributed by atoms with Gasteiger partial charge in [0.2, 0.25) is 5.91 Å². The molecule has 0 aliphatic carbocycles. The number of nitrogens with one attached hydrogen (secondary N) is 2. The van der Waals surface area contributed by atoms with Crippen molar-refractivity contribution in [3.8, 4) is 5.75 Å². The number of rotatable bonds is 16. The maximum atomic E-state index is 12.4. The summed E-state index contributed by atoms with van der Waals surface area (Å²) in [5.74, 6) is 1.16. The van der Waals surface area contributed by atoms with Gasteiger partial charge in [-0.25, -0.2) is 5.53 Å². The number of ether oxygens (including phenoxy) is 1. The van der Waals surface area contributed by atoms with Gasteiger partial charge >= 0.3 is 0 Å². The van der Waals surface area contributed by atoms with Gasteiger partial charge in [-0.1, -0.05) is 67.0 Å². The molecule has 0 fully saturated rings. The number of nitrogens with zero attached hydrogens (tertiary/aromatic N) is 1. The van der Waals surface area contributed by atoms with E-state index in [4.69, 9.17) is 16.0 Å². The second kappa shape index (κ2) is 15.0. The van der Waals surface area contributed by atoms with E-state index in [1.807, 2.05) is 13.0 Å². The van der Waals surface area contributed by atoms with Gasteiger partial charge < -0.3 is 15.8 Å². The Morgan fingerprint density at radius 2 is 1.91 bits per heavy atom. The zero-order chi connectivity index (χ0) is 26.6. The van der Waals surface area contributed by atoms with E-state index in [0.29, 0.717) is 25.3 Å². The number of carbonyl (C=O) groups excluding carboxylic acids is 2. The molecule has 198 valence electrons. The summed E-state index contributed by atoms with van der Waals surface area (Å²) >= 11 is 0. The predicted molar refractivity (Wildman–Crippen MR) is 142 cm³/mol. The summed E-state index contributed by atoms with van der Waals surface area (Å²) in [4.78, 5) is 23.3. The van der Waals surface area contributed by atoms with Gasteiger partial charge in [-0.15, -0.1) is 0 Å². The van der Waals surface area contributed by atoms with Gasteiger partial charge in [0.25, 0.3) is 0 Å². The highest BCUT2D eigenvalue weighted by atomic mass is 16.5. The van der Waals surface area contributed by atoms with Crippen LogP contribution in [0.25, 0.3) is 0 Å². The largest absolute Gasteiger partial charge is 0.486 e. The minimum Gasteiger partial charge on any atom is -0.486 e. The molecule has 0 radical (unpaired) electrons. The Bertz CT molecular complexity index is 804. The number of carbonyl (C=O) groups is 2. The number of aldehydes is 1. The monoisotopic (exact) mass is 488 g/mol. The lowest BCUT2D eigenvalue weighted by molar-refractivity contribution is -0.124. The quantitative estimate of drug-likeness (QED) is 0.163. The number of amides is 1. The number of unbranched alkanes of at least 4 members (excludes halogenated alkanes) is 1. The topological polar surface area (TPSA) is 118 Å². The summed E-state index contributed by atoms with van der Waals surface area (Å²) in [6.07, 6.45) is 4.74. The molecule has 7 heteroatoms. The fraction of sp³-hybridized carbons (Fsp3) is 0.714. The first-order valence-electron chi connectivity index (χ1n) is 13.0. The minimum atomic E-state index is -0.351. The molecule has 4 N–H and O–H groups in total. The molecule has 0 heterocycles. The summed E-state index contributed by atoms with van der Waals surface area (Å²) in [6, 6.07) is 5.56. The van der Waals surface area contributed by atoms with Gasteiger partial charge in [-0.3, -0.25) is 9.59 Å². The second-order valence-corrected chi connectivity index (χ2v) is 11.1. The van der Waals surface area contributed by atoms with E-state index in [-0.39, 0.29) is 41.8 Å². The van der Waals surface area contributed by atoms with E-state index in [0.717, 1.165) is 42.4 Å². The van der Waals surface area contributed by atoms with Crippen LogP contribution in [0, 0.1) is 23.3 Å². The molecule has 0 aliphatic heterocycles. The van der Waals surface area contributed by atoms with Crippen LogP contribution < -0.4 is 15.8 Å². The SMILES string of the molecule is CCCCNC(=O)C(C)C[C@H](N)[C@H](C[C@H](Cc1ccc(C(C)(C)C)c(OCC=O)c1)C(C)C)N=N. The molecule has 0 bridgehead atoms. The fourth-order valence-electron chi connectivity index (χ4n) is 4.32. The highest BCUT2D eigenvalue weighted by Gasteiger charge is 2.28. The summed E-state index contributed by atoms with van der Waals surface area (Å²) < 4.78 is 5.76. The zero-order valence-electron chi connectivity index (χ0n) is 22.9. The third-order valence-corrected chi connectivity index (χ3v) is 6.71. The lowest BCUT2D eigenvalue weighted by atomic mass is 9.80. The smallest absolute Gasteiger partial charge is 0.222 e. The number of hydrogen-bond donors (Lipinski definition) is 3. The highest BCUT2D eigenvalue weighted by Crippen LogP contribution is 2.34. The summed E-state index contributed by atoms with van der Waals surface area (Å²) in [5.41, 5.74) is 16.3. The molecule has 0 aliphatic rings. The van der Waals surface area contributed by atoms with Crippen LogP contribution in [0.2, 0.25) is 0 Å². The molecule has 1 amide bonds. The van der Waals surface area contributed by atoms with Gasteiger partial charge in [0.15, 0.2) is 6.29 Å². The predicted octanol–water partition coefficient (Wildman–Crippen LogP) is 5.44. The maximum Gasteiger partial charge on any atom is 0.222 e. The van der Waals surface area contributed by atoms with Gasteiger partial charge in [0.05, 0.1) is 6.04 Å². The summed E-state index contributed by atoms with van der Waals surface area (Å²) in [5, 5.41) is 6.84. The van der Waals surface area contributed by atoms with E-state index in [2.05, 4.69) is 64.1 Å². The molecule has 7 nitrogen and oxygen atoms in total. The first-order chi connectivity index (χ1) is 16.4. The van der Waals surface area contributed by atoms with Crippen LogP contribution in [0.3, 0.4) is 0 Å². The van der Waals surface area contributed by atoms with Crippen LogP contribution in [0.1, 0.15) is 85.3 Å². The molecule has 0 saturated heterocycles. The highest BCUT2D eigenvalue weighted by molar-refractivity contribution is 5.78. The van der Waals surface area contributed by atoms with Crippen LogP contribution in [0.15, 0.2) is 23.3 Å². The number of nitrogens with two attached hydrogens (primary N) is 1. The van der Waals surface area contributed by atoms with Crippen LogP contribution >= 0.6 is 0 Å². The zero-order valence-corrected chi connectivity index (χ0v) is 22.9. The molecule has 0 aromatic heterocycles. The van der Waals surface area contributed by atoms with E-state index in [9.17, 15) is 9.59 Å². The molecule has 0 spiro atoms. The van der Waals surface area contributed by atoms with Crippen molar-refractivity contribution in [2.24, 2.45) is 28.6 Å². The number of hydrogen-bond acceptors (Lipinski definition) is 6. The summed E-state index contributed by atoms with van der Waals surface area (Å²) in [6.45, 7) is 15.4. The molecular weight excluding hydrogens is 440 g/mol. The van der Waals surface area contributed by atoms with Gasteiger partial charge in [-0.05, 0) is 60.1 Å². The van der Waals surface area contributed by atoms with Gasteiger partial charge in [0.1, 0.15) is 12.4 Å². The lowest BCUT2D eigenvalue weighted by Crippen LogP contribution is -2.40. The van der Waals surface area contributed by atoms with Crippen molar-refractivity contribution in [1.82, 2.24) is 5.32 Å². The second-order valence-electron chi connectivity index (χ2n) is 11.1. The Morgan fingerprint density at radius 1 is 1.23 bits per heavy atom. The molecular formula is C28H48N4O3. The Labute approximate surface area is 212 Å². The Morgan fingerprint density at radius 3 is 2.46 bits per heavy atom. The normalized spacial score (nSPS) is 15.2. The average molecular weight is 489 g/mol. The maximum absolute atomic E-state index is 12.4. The van der Waals surface area contributed by atoms with Crippen LogP contribution in [0.5, 0.6) is 5.75 Å². The molecule has 1 unspecified atom stereocenters. The van der Waals surface area contributed by atoms with Crippen molar-refractivity contribution in [1.29, 1.82) is 5.53 Å². The van der Waals surface area contributed by atoms with Gasteiger partial charge in [-0.2, -0.15) is 5.11 Å².